The van der Waals surface area contributed by atoms with Gasteiger partial charge in [0.15, 0.2) is 0 Å². The van der Waals surface area contributed by atoms with Gasteiger partial charge < -0.3 is 15.9 Å². The van der Waals surface area contributed by atoms with Gasteiger partial charge in [0.1, 0.15) is 0 Å². The quantitative estimate of drug-likeness (QED) is 0.464. The summed E-state index contributed by atoms with van der Waals surface area (Å²) < 4.78 is 0. The molecular formula is C7H15NO2. The predicted molar refractivity (Wildman–Crippen MR) is 38.4 cm³/mol. The molecule has 0 amide bonds. The highest BCUT2D eigenvalue weighted by Gasteiger charge is 2.28. The molecule has 0 aromatic heterocycles. The van der Waals surface area contributed by atoms with Crippen molar-refractivity contribution in [3.05, 3.63) is 0 Å². The zero-order chi connectivity index (χ0) is 7.56. The lowest BCUT2D eigenvalue weighted by molar-refractivity contribution is -0.0417. The molecular weight excluding hydrogens is 130 g/mol. The molecule has 4 N–H and O–H groups in total. The lowest BCUT2D eigenvalue weighted by atomic mass is 9.85. The van der Waals surface area contributed by atoms with E-state index in [0.717, 1.165) is 19.3 Å². The van der Waals surface area contributed by atoms with Gasteiger partial charge in [0.25, 0.3) is 0 Å². The topological polar surface area (TPSA) is 66.5 Å². The van der Waals surface area contributed by atoms with E-state index in [-0.39, 0.29) is 5.92 Å². The van der Waals surface area contributed by atoms with Gasteiger partial charge >= 0.3 is 0 Å². The first-order valence-corrected chi connectivity index (χ1v) is 3.82. The van der Waals surface area contributed by atoms with Crippen LogP contribution in [0.5, 0.6) is 0 Å². The van der Waals surface area contributed by atoms with E-state index in [4.69, 9.17) is 5.73 Å². The first-order chi connectivity index (χ1) is 4.75. The van der Waals surface area contributed by atoms with E-state index < -0.39 is 12.2 Å². The highest BCUT2D eigenvalue weighted by atomic mass is 16.3. The van der Waals surface area contributed by atoms with Crippen LogP contribution in [-0.4, -0.2) is 29.0 Å². The summed E-state index contributed by atoms with van der Waals surface area (Å²) in [6.07, 6.45) is 1.54. The Balaban J connectivity index is 2.42. The molecule has 0 heterocycles. The number of rotatable bonds is 1. The third-order valence-corrected chi connectivity index (χ3v) is 2.25. The van der Waals surface area contributed by atoms with Crippen LogP contribution >= 0.6 is 0 Å². The van der Waals surface area contributed by atoms with Crippen LogP contribution in [0.3, 0.4) is 0 Å². The Hall–Kier alpha value is -0.120. The summed E-state index contributed by atoms with van der Waals surface area (Å²) in [6, 6.07) is 0. The summed E-state index contributed by atoms with van der Waals surface area (Å²) in [6.45, 7) is 0.484. The molecule has 1 rings (SSSR count). The Morgan fingerprint density at radius 1 is 1.30 bits per heavy atom. The van der Waals surface area contributed by atoms with Crippen molar-refractivity contribution in [3.63, 3.8) is 0 Å². The SMILES string of the molecule is NC[C@H]1CCC[C@@H](O)[C@H]1O. The largest absolute Gasteiger partial charge is 0.390 e. The van der Waals surface area contributed by atoms with Gasteiger partial charge in [-0.1, -0.05) is 6.42 Å². The van der Waals surface area contributed by atoms with Crippen LogP contribution in [-0.2, 0) is 0 Å². The number of nitrogens with two attached hydrogens (primary N) is 1. The summed E-state index contributed by atoms with van der Waals surface area (Å²) in [5.41, 5.74) is 5.38. The molecule has 3 atom stereocenters. The second-order valence-electron chi connectivity index (χ2n) is 2.98. The van der Waals surface area contributed by atoms with Crippen LogP contribution in [0, 0.1) is 5.92 Å². The van der Waals surface area contributed by atoms with Gasteiger partial charge in [-0.2, -0.15) is 0 Å². The van der Waals surface area contributed by atoms with Crippen LogP contribution in [0.15, 0.2) is 0 Å². The minimum absolute atomic E-state index is 0.115. The van der Waals surface area contributed by atoms with E-state index in [9.17, 15) is 10.2 Å². The fraction of sp³-hybridized carbons (Fsp3) is 1.00. The van der Waals surface area contributed by atoms with Gasteiger partial charge in [-0.3, -0.25) is 0 Å². The fourth-order valence-corrected chi connectivity index (χ4v) is 1.50. The van der Waals surface area contributed by atoms with Gasteiger partial charge in [-0.15, -0.1) is 0 Å². The molecule has 3 nitrogen and oxygen atoms in total. The Morgan fingerprint density at radius 2 is 2.00 bits per heavy atom. The van der Waals surface area contributed by atoms with E-state index >= 15 is 0 Å². The third-order valence-electron chi connectivity index (χ3n) is 2.25. The van der Waals surface area contributed by atoms with E-state index in [1.54, 1.807) is 0 Å². The minimum Gasteiger partial charge on any atom is -0.390 e. The van der Waals surface area contributed by atoms with Crippen molar-refractivity contribution in [1.82, 2.24) is 0 Å². The molecule has 0 unspecified atom stereocenters. The van der Waals surface area contributed by atoms with Crippen molar-refractivity contribution in [3.8, 4) is 0 Å². The van der Waals surface area contributed by atoms with Crippen LogP contribution in [0.1, 0.15) is 19.3 Å². The molecule has 0 bridgehead atoms. The summed E-state index contributed by atoms with van der Waals surface area (Å²) >= 11 is 0. The van der Waals surface area contributed by atoms with E-state index in [0.29, 0.717) is 6.54 Å². The van der Waals surface area contributed by atoms with Crippen molar-refractivity contribution in [2.75, 3.05) is 6.54 Å². The minimum atomic E-state index is -0.584. The highest BCUT2D eigenvalue weighted by Crippen LogP contribution is 2.23. The first-order valence-electron chi connectivity index (χ1n) is 3.82. The van der Waals surface area contributed by atoms with Crippen molar-refractivity contribution in [2.24, 2.45) is 11.7 Å². The van der Waals surface area contributed by atoms with E-state index in [1.807, 2.05) is 0 Å². The lowest BCUT2D eigenvalue weighted by Gasteiger charge is -2.30. The average Bonchev–Trinajstić information content (AvgIpc) is 1.95. The summed E-state index contributed by atoms with van der Waals surface area (Å²) in [5.74, 6) is 0.115. The smallest absolute Gasteiger partial charge is 0.0839 e. The Labute approximate surface area is 60.9 Å². The zero-order valence-electron chi connectivity index (χ0n) is 6.03. The Morgan fingerprint density at radius 3 is 2.50 bits per heavy atom. The van der Waals surface area contributed by atoms with Crippen molar-refractivity contribution in [1.29, 1.82) is 0 Å². The number of hydrogen-bond acceptors (Lipinski definition) is 3. The number of hydrogen-bond donors (Lipinski definition) is 3. The molecule has 1 fully saturated rings. The maximum Gasteiger partial charge on any atom is 0.0839 e. The number of aliphatic hydroxyl groups is 2. The van der Waals surface area contributed by atoms with Gasteiger partial charge in [-0.05, 0) is 25.3 Å². The molecule has 0 aliphatic heterocycles. The van der Waals surface area contributed by atoms with Crippen molar-refractivity contribution in [2.45, 2.75) is 31.5 Å². The maximum atomic E-state index is 9.31. The van der Waals surface area contributed by atoms with E-state index in [1.165, 1.54) is 0 Å². The fourth-order valence-electron chi connectivity index (χ4n) is 1.50. The zero-order valence-corrected chi connectivity index (χ0v) is 6.03. The summed E-state index contributed by atoms with van der Waals surface area (Å²) in [4.78, 5) is 0. The average molecular weight is 145 g/mol. The molecule has 1 aliphatic carbocycles. The van der Waals surface area contributed by atoms with Crippen LogP contribution in [0.25, 0.3) is 0 Å². The molecule has 0 aromatic carbocycles. The van der Waals surface area contributed by atoms with Gasteiger partial charge in [-0.25, -0.2) is 0 Å². The standard InChI is InChI=1S/C7H15NO2/c8-4-5-2-1-3-6(9)7(5)10/h5-7,9-10H,1-4,8H2/t5-,6-,7+/m1/s1. The summed E-state index contributed by atoms with van der Waals surface area (Å²) in [5, 5.41) is 18.5. The second kappa shape index (κ2) is 3.32. The maximum absolute atomic E-state index is 9.31. The van der Waals surface area contributed by atoms with Crippen LogP contribution in [0.2, 0.25) is 0 Å². The predicted octanol–water partition coefficient (Wildman–Crippen LogP) is -0.533. The second-order valence-corrected chi connectivity index (χ2v) is 2.98. The highest BCUT2D eigenvalue weighted by molar-refractivity contribution is 4.81. The van der Waals surface area contributed by atoms with Gasteiger partial charge in [0.2, 0.25) is 0 Å². The van der Waals surface area contributed by atoms with Crippen molar-refractivity contribution >= 4 is 0 Å². The van der Waals surface area contributed by atoms with Crippen LogP contribution < -0.4 is 5.73 Å². The molecule has 3 heteroatoms. The monoisotopic (exact) mass is 145 g/mol. The van der Waals surface area contributed by atoms with Gasteiger partial charge in [0.05, 0.1) is 12.2 Å². The molecule has 10 heavy (non-hydrogen) atoms. The number of aliphatic hydroxyl groups excluding tert-OH is 2. The molecule has 1 aliphatic rings. The van der Waals surface area contributed by atoms with Gasteiger partial charge in [0, 0.05) is 0 Å². The molecule has 0 aromatic rings. The lowest BCUT2D eigenvalue weighted by Crippen LogP contribution is -2.40. The normalized spacial score (nSPS) is 41.7. The first kappa shape index (κ1) is 7.98. The van der Waals surface area contributed by atoms with E-state index in [2.05, 4.69) is 0 Å². The third kappa shape index (κ3) is 1.48. The molecule has 0 saturated heterocycles. The Bertz CT molecular complexity index is 108. The molecule has 0 spiro atoms. The molecule has 0 radical (unpaired) electrons. The molecule has 60 valence electrons. The Kier molecular flexibility index (Phi) is 2.65. The van der Waals surface area contributed by atoms with Crippen molar-refractivity contribution < 1.29 is 10.2 Å². The van der Waals surface area contributed by atoms with Crippen LogP contribution in [0.4, 0.5) is 0 Å². The summed E-state index contributed by atoms with van der Waals surface area (Å²) in [7, 11) is 0. The molecule has 1 saturated carbocycles.